The molecule has 0 amide bonds. The lowest BCUT2D eigenvalue weighted by atomic mass is 9.98. The van der Waals surface area contributed by atoms with E-state index in [1.165, 1.54) is 10.1 Å². The number of rotatable bonds is 0. The number of fused-ring (bicyclic) bond motifs is 1. The first kappa shape index (κ1) is 7.10. The largest absolute Gasteiger partial charge is 0.302 e. The van der Waals surface area contributed by atoms with Crippen molar-refractivity contribution >= 4 is 21.6 Å². The number of halogens is 1. The van der Waals surface area contributed by atoms with Crippen molar-refractivity contribution in [2.24, 2.45) is 5.10 Å². The summed E-state index contributed by atoms with van der Waals surface area (Å²) < 4.78 is 1.17. The van der Waals surface area contributed by atoms with Gasteiger partial charge in [0.2, 0.25) is 0 Å². The molecule has 1 aliphatic heterocycles. The molecule has 58 valence electrons. The molecular weight excluding hydrogens is 204 g/mol. The summed E-state index contributed by atoms with van der Waals surface area (Å²) >= 11 is 3.45. The number of hydrogen-bond acceptors (Lipinski definition) is 2. The third-order valence-corrected chi connectivity index (χ3v) is 2.58. The van der Waals surface area contributed by atoms with Gasteiger partial charge in [0, 0.05) is 10.1 Å². The number of nitrogens with zero attached hydrogens (tertiary/aromatic N) is 1. The maximum absolute atomic E-state index is 4.16. The number of hydrazone groups is 1. The fraction of sp³-hybridized carbons (Fsp3) is 0.375. The van der Waals surface area contributed by atoms with E-state index in [1.54, 1.807) is 0 Å². The van der Waals surface area contributed by atoms with Crippen molar-refractivity contribution in [3.05, 3.63) is 22.2 Å². The summed E-state index contributed by atoms with van der Waals surface area (Å²) in [6, 6.07) is 0.427. The minimum Gasteiger partial charge on any atom is -0.302 e. The summed E-state index contributed by atoms with van der Waals surface area (Å²) in [5, 5.41) is 4.16. The van der Waals surface area contributed by atoms with Crippen molar-refractivity contribution in [1.29, 1.82) is 0 Å². The van der Waals surface area contributed by atoms with E-state index < -0.39 is 0 Å². The molecule has 1 N–H and O–H groups in total. The molecule has 0 bridgehead atoms. The summed E-state index contributed by atoms with van der Waals surface area (Å²) in [5.41, 5.74) is 5.51. The molecule has 2 rings (SSSR count). The third-order valence-electron chi connectivity index (χ3n) is 2.02. The average molecular weight is 213 g/mol. The Morgan fingerprint density at radius 3 is 3.36 bits per heavy atom. The molecule has 0 spiro atoms. The minimum absolute atomic E-state index is 0.427. The van der Waals surface area contributed by atoms with E-state index in [1.807, 2.05) is 6.92 Å². The number of allylic oxidation sites excluding steroid dienone is 2. The van der Waals surface area contributed by atoms with Crippen LogP contribution in [0.1, 0.15) is 13.3 Å². The fourth-order valence-electron chi connectivity index (χ4n) is 1.38. The Morgan fingerprint density at radius 2 is 2.55 bits per heavy atom. The van der Waals surface area contributed by atoms with Crippen LogP contribution in [0.3, 0.4) is 0 Å². The predicted molar refractivity (Wildman–Crippen MR) is 49.7 cm³/mol. The Balaban J connectivity index is 2.35. The molecular formula is C8H9BrN2. The summed E-state index contributed by atoms with van der Waals surface area (Å²) in [6.07, 6.45) is 5.33. The lowest BCUT2D eigenvalue weighted by Gasteiger charge is -2.14. The molecule has 3 heteroatoms. The Hall–Kier alpha value is -0.570. The molecule has 0 radical (unpaired) electrons. The average Bonchev–Trinajstić information content (AvgIpc) is 2.33. The highest BCUT2D eigenvalue weighted by molar-refractivity contribution is 9.11. The van der Waals surface area contributed by atoms with Crippen molar-refractivity contribution < 1.29 is 0 Å². The van der Waals surface area contributed by atoms with Gasteiger partial charge in [-0.25, -0.2) is 0 Å². The zero-order chi connectivity index (χ0) is 7.84. The topological polar surface area (TPSA) is 24.4 Å². The van der Waals surface area contributed by atoms with Crippen LogP contribution in [0, 0.1) is 0 Å². The summed E-state index contributed by atoms with van der Waals surface area (Å²) in [7, 11) is 0. The highest BCUT2D eigenvalue weighted by atomic mass is 79.9. The number of hydrogen-bond donors (Lipinski definition) is 1. The normalized spacial score (nSPS) is 28.2. The van der Waals surface area contributed by atoms with Gasteiger partial charge in [-0.1, -0.05) is 22.0 Å². The van der Waals surface area contributed by atoms with Crippen LogP contribution in [-0.4, -0.2) is 11.8 Å². The highest BCUT2D eigenvalue weighted by Crippen LogP contribution is 2.25. The lowest BCUT2D eigenvalue weighted by molar-refractivity contribution is 0.642. The highest BCUT2D eigenvalue weighted by Gasteiger charge is 2.23. The molecule has 0 fully saturated rings. The van der Waals surface area contributed by atoms with Gasteiger partial charge in [-0.05, 0) is 19.4 Å². The molecule has 11 heavy (non-hydrogen) atoms. The van der Waals surface area contributed by atoms with Crippen LogP contribution in [0.15, 0.2) is 27.3 Å². The summed E-state index contributed by atoms with van der Waals surface area (Å²) in [6.45, 7) is 2.03. The second-order valence-electron chi connectivity index (χ2n) is 2.80. The monoisotopic (exact) mass is 212 g/mol. The smallest absolute Gasteiger partial charge is 0.0743 e. The van der Waals surface area contributed by atoms with E-state index >= 15 is 0 Å². The maximum atomic E-state index is 4.16. The van der Waals surface area contributed by atoms with Gasteiger partial charge in [0.15, 0.2) is 0 Å². The van der Waals surface area contributed by atoms with Crippen molar-refractivity contribution in [3.8, 4) is 0 Å². The second kappa shape index (κ2) is 2.48. The van der Waals surface area contributed by atoms with E-state index in [0.29, 0.717) is 6.04 Å². The van der Waals surface area contributed by atoms with E-state index in [9.17, 15) is 0 Å². The molecule has 0 saturated heterocycles. The second-order valence-corrected chi connectivity index (χ2v) is 3.72. The van der Waals surface area contributed by atoms with Crippen LogP contribution >= 0.6 is 15.9 Å². The summed E-state index contributed by atoms with van der Waals surface area (Å²) in [5.74, 6) is 0. The summed E-state index contributed by atoms with van der Waals surface area (Å²) in [4.78, 5) is 0. The molecule has 0 aromatic rings. The molecule has 1 aliphatic carbocycles. The Kier molecular flexibility index (Phi) is 1.60. The van der Waals surface area contributed by atoms with E-state index in [0.717, 1.165) is 12.1 Å². The zero-order valence-corrected chi connectivity index (χ0v) is 7.85. The molecule has 0 saturated carbocycles. The van der Waals surface area contributed by atoms with E-state index in [2.05, 4.69) is 38.6 Å². The van der Waals surface area contributed by atoms with Crippen LogP contribution in [-0.2, 0) is 0 Å². The molecule has 1 heterocycles. The van der Waals surface area contributed by atoms with Crippen molar-refractivity contribution in [2.45, 2.75) is 19.4 Å². The van der Waals surface area contributed by atoms with E-state index in [-0.39, 0.29) is 0 Å². The fourth-order valence-corrected chi connectivity index (χ4v) is 1.82. The van der Waals surface area contributed by atoms with Gasteiger partial charge in [-0.3, -0.25) is 0 Å². The van der Waals surface area contributed by atoms with Gasteiger partial charge < -0.3 is 5.43 Å². The van der Waals surface area contributed by atoms with Crippen LogP contribution in [0.25, 0.3) is 0 Å². The quantitative estimate of drug-likeness (QED) is 0.653. The zero-order valence-electron chi connectivity index (χ0n) is 6.26. The predicted octanol–water partition coefficient (Wildman–Crippen LogP) is 1.94. The van der Waals surface area contributed by atoms with Gasteiger partial charge in [-0.15, -0.1) is 0 Å². The van der Waals surface area contributed by atoms with Gasteiger partial charge >= 0.3 is 0 Å². The maximum Gasteiger partial charge on any atom is 0.0743 e. The Labute approximate surface area is 74.2 Å². The minimum atomic E-state index is 0.427. The van der Waals surface area contributed by atoms with Crippen molar-refractivity contribution in [3.63, 3.8) is 0 Å². The van der Waals surface area contributed by atoms with Crippen LogP contribution in [0.4, 0.5) is 0 Å². The van der Waals surface area contributed by atoms with Crippen LogP contribution < -0.4 is 5.43 Å². The number of nitrogens with one attached hydrogen (secondary N) is 1. The van der Waals surface area contributed by atoms with Gasteiger partial charge in [0.05, 0.1) is 11.8 Å². The van der Waals surface area contributed by atoms with E-state index in [4.69, 9.17) is 0 Å². The first-order chi connectivity index (χ1) is 5.27. The van der Waals surface area contributed by atoms with Gasteiger partial charge in [0.25, 0.3) is 0 Å². The molecule has 0 aromatic heterocycles. The standard InChI is InChI=1S/C8H9BrN2/c1-5-7-4-6(9)2-3-8(7)11-10-5/h2,4,8,11H,3H2,1H3. The molecule has 0 aromatic carbocycles. The first-order valence-corrected chi connectivity index (χ1v) is 4.44. The molecule has 2 nitrogen and oxygen atoms in total. The molecule has 1 atom stereocenters. The lowest BCUT2D eigenvalue weighted by Crippen LogP contribution is -2.22. The Morgan fingerprint density at radius 1 is 1.73 bits per heavy atom. The van der Waals surface area contributed by atoms with Crippen LogP contribution in [0.5, 0.6) is 0 Å². The van der Waals surface area contributed by atoms with Crippen molar-refractivity contribution in [1.82, 2.24) is 5.43 Å². The molecule has 2 aliphatic rings. The SMILES string of the molecule is CC1=NNC2CC=C(Br)C=C12. The first-order valence-electron chi connectivity index (χ1n) is 3.65. The van der Waals surface area contributed by atoms with Gasteiger partial charge in [0.1, 0.15) is 0 Å². The third kappa shape index (κ3) is 1.13. The van der Waals surface area contributed by atoms with Crippen molar-refractivity contribution in [2.75, 3.05) is 0 Å². The van der Waals surface area contributed by atoms with Crippen LogP contribution in [0.2, 0.25) is 0 Å². The molecule has 1 unspecified atom stereocenters. The Bertz CT molecular complexity index is 276. The van der Waals surface area contributed by atoms with Gasteiger partial charge in [-0.2, -0.15) is 5.10 Å².